The first-order valence-corrected chi connectivity index (χ1v) is 10.6. The first-order valence-electron chi connectivity index (χ1n) is 8.75. The molecule has 0 N–H and O–H groups in total. The normalized spacial score (nSPS) is 17.6. The van der Waals surface area contributed by atoms with Crippen LogP contribution in [0.3, 0.4) is 0 Å². The largest absolute Gasteiger partial charge is 0.376 e. The third kappa shape index (κ3) is 3.56. The van der Waals surface area contributed by atoms with E-state index in [2.05, 4.69) is 33.6 Å². The van der Waals surface area contributed by atoms with Crippen LogP contribution < -0.4 is 5.56 Å². The quantitative estimate of drug-likeness (QED) is 0.602. The van der Waals surface area contributed by atoms with Gasteiger partial charge in [0.05, 0.1) is 18.3 Å². The molecule has 4 heterocycles. The molecule has 0 radical (unpaired) electrons. The summed E-state index contributed by atoms with van der Waals surface area (Å²) >= 11 is 3.03. The Balaban J connectivity index is 1.55. The number of rotatable bonds is 6. The Labute approximate surface area is 159 Å². The predicted molar refractivity (Wildman–Crippen MR) is 102 cm³/mol. The van der Waals surface area contributed by atoms with Gasteiger partial charge in [0.25, 0.3) is 5.56 Å². The van der Waals surface area contributed by atoms with Crippen LogP contribution in [0.15, 0.2) is 27.6 Å². The molecule has 0 aliphatic carbocycles. The van der Waals surface area contributed by atoms with Crippen molar-refractivity contribution >= 4 is 28.1 Å². The molecule has 1 atom stereocenters. The number of nitrogens with zero attached hydrogens (tertiary/aromatic N) is 5. The van der Waals surface area contributed by atoms with Crippen molar-refractivity contribution in [3.8, 4) is 0 Å². The van der Waals surface area contributed by atoms with E-state index < -0.39 is 0 Å². The molecule has 0 aromatic carbocycles. The Bertz CT molecular complexity index is 956. The van der Waals surface area contributed by atoms with Crippen LogP contribution in [0.5, 0.6) is 0 Å². The molecule has 0 saturated carbocycles. The molecule has 0 amide bonds. The van der Waals surface area contributed by atoms with E-state index in [1.54, 1.807) is 28.4 Å². The van der Waals surface area contributed by atoms with Crippen LogP contribution in [-0.4, -0.2) is 36.9 Å². The molecule has 0 unspecified atom stereocenters. The minimum Gasteiger partial charge on any atom is -0.376 e. The van der Waals surface area contributed by atoms with E-state index in [-0.39, 0.29) is 11.7 Å². The van der Waals surface area contributed by atoms with Crippen molar-refractivity contribution in [3.63, 3.8) is 0 Å². The highest BCUT2D eigenvalue weighted by Crippen LogP contribution is 2.26. The number of hydrogen-bond donors (Lipinski definition) is 0. The van der Waals surface area contributed by atoms with E-state index in [0.29, 0.717) is 11.7 Å². The van der Waals surface area contributed by atoms with Gasteiger partial charge < -0.3 is 9.30 Å². The van der Waals surface area contributed by atoms with Gasteiger partial charge in [-0.1, -0.05) is 25.6 Å². The molecule has 0 bridgehead atoms. The number of ether oxygens (including phenoxy) is 1. The summed E-state index contributed by atoms with van der Waals surface area (Å²) in [4.78, 5) is 17.4. The van der Waals surface area contributed by atoms with E-state index in [1.165, 1.54) is 11.3 Å². The first-order chi connectivity index (χ1) is 12.6. The van der Waals surface area contributed by atoms with Crippen LogP contribution in [0.1, 0.15) is 44.1 Å². The average molecular weight is 392 g/mol. The zero-order valence-corrected chi connectivity index (χ0v) is 16.4. The molecule has 1 saturated heterocycles. The molecule has 3 aromatic heterocycles. The summed E-state index contributed by atoms with van der Waals surface area (Å²) in [6, 6.07) is 1.59. The number of fused-ring (bicyclic) bond motifs is 1. The average Bonchev–Trinajstić information content (AvgIpc) is 3.34. The second kappa shape index (κ2) is 7.50. The number of hydrogen-bond acceptors (Lipinski definition) is 7. The van der Waals surface area contributed by atoms with Crippen LogP contribution in [0.2, 0.25) is 0 Å². The summed E-state index contributed by atoms with van der Waals surface area (Å²) in [7, 11) is 0. The molecule has 1 aliphatic rings. The van der Waals surface area contributed by atoms with Gasteiger partial charge in [-0.15, -0.1) is 21.5 Å². The maximum Gasteiger partial charge on any atom is 0.258 e. The first kappa shape index (κ1) is 17.7. The lowest BCUT2D eigenvalue weighted by Gasteiger charge is -2.15. The lowest BCUT2D eigenvalue weighted by atomic mass is 10.2. The third-order valence-corrected chi connectivity index (χ3v) is 6.13. The molecule has 4 rings (SSSR count). The van der Waals surface area contributed by atoms with Crippen molar-refractivity contribution in [2.45, 2.75) is 56.2 Å². The van der Waals surface area contributed by atoms with Crippen LogP contribution in [0, 0.1) is 0 Å². The Morgan fingerprint density at radius 3 is 3.08 bits per heavy atom. The molecule has 138 valence electrons. The highest BCUT2D eigenvalue weighted by Gasteiger charge is 2.22. The fourth-order valence-corrected chi connectivity index (χ4v) is 4.68. The Morgan fingerprint density at radius 2 is 2.31 bits per heavy atom. The Kier molecular flexibility index (Phi) is 5.10. The molecule has 26 heavy (non-hydrogen) atoms. The van der Waals surface area contributed by atoms with Gasteiger partial charge in [0.15, 0.2) is 10.1 Å². The summed E-state index contributed by atoms with van der Waals surface area (Å²) in [6.07, 6.45) is 4.17. The second-order valence-corrected chi connectivity index (χ2v) is 8.49. The van der Waals surface area contributed by atoms with Gasteiger partial charge in [-0.25, -0.2) is 4.98 Å². The van der Waals surface area contributed by atoms with Gasteiger partial charge in [-0.05, 0) is 12.8 Å². The second-order valence-electron chi connectivity index (χ2n) is 6.67. The van der Waals surface area contributed by atoms with Gasteiger partial charge in [0.2, 0.25) is 0 Å². The zero-order valence-electron chi connectivity index (χ0n) is 14.8. The third-order valence-electron chi connectivity index (χ3n) is 4.38. The Morgan fingerprint density at radius 1 is 1.42 bits per heavy atom. The Hall–Kier alpha value is -1.71. The van der Waals surface area contributed by atoms with Crippen molar-refractivity contribution in [3.05, 3.63) is 39.5 Å². The summed E-state index contributed by atoms with van der Waals surface area (Å²) in [5.41, 5.74) is 0.718. The topological polar surface area (TPSA) is 74.3 Å². The van der Waals surface area contributed by atoms with Crippen LogP contribution >= 0.6 is 23.1 Å². The minimum atomic E-state index is -0.0458. The van der Waals surface area contributed by atoms with E-state index in [9.17, 15) is 4.79 Å². The number of thiazole rings is 1. The molecule has 7 nitrogen and oxygen atoms in total. The van der Waals surface area contributed by atoms with Gasteiger partial charge in [0.1, 0.15) is 5.82 Å². The van der Waals surface area contributed by atoms with Crippen molar-refractivity contribution in [2.24, 2.45) is 0 Å². The molecule has 0 spiro atoms. The van der Waals surface area contributed by atoms with Gasteiger partial charge in [-0.2, -0.15) is 0 Å². The standard InChI is InChI=1S/C17H21N5O2S2/c1-11(2)15-19-20-17(22(15)9-13-4-3-6-24-13)26-10-12-8-14(23)21-5-7-25-16(21)18-12/h5,7-8,11,13H,3-4,6,9-10H2,1-2H3/t13-/m0/s1. The SMILES string of the molecule is CC(C)c1nnc(SCc2cc(=O)n3ccsc3n2)n1C[C@@H]1CCCO1. The molecule has 3 aromatic rings. The van der Waals surface area contributed by atoms with E-state index in [4.69, 9.17) is 4.74 Å². The van der Waals surface area contributed by atoms with Crippen molar-refractivity contribution in [1.82, 2.24) is 24.1 Å². The fraction of sp³-hybridized carbons (Fsp3) is 0.529. The van der Waals surface area contributed by atoms with Crippen molar-refractivity contribution < 1.29 is 4.74 Å². The molecular weight excluding hydrogens is 370 g/mol. The lowest BCUT2D eigenvalue weighted by molar-refractivity contribution is 0.0940. The molecule has 1 fully saturated rings. The monoisotopic (exact) mass is 391 g/mol. The highest BCUT2D eigenvalue weighted by molar-refractivity contribution is 7.98. The van der Waals surface area contributed by atoms with Crippen LogP contribution in [0.25, 0.3) is 4.96 Å². The molecular formula is C17H21N5O2S2. The number of aromatic nitrogens is 5. The fourth-order valence-electron chi connectivity index (χ4n) is 3.10. The summed E-state index contributed by atoms with van der Waals surface area (Å²) in [6.45, 7) is 5.86. The summed E-state index contributed by atoms with van der Waals surface area (Å²) in [5, 5.41) is 11.5. The number of thioether (sulfide) groups is 1. The van der Waals surface area contributed by atoms with E-state index in [0.717, 1.165) is 47.6 Å². The summed E-state index contributed by atoms with van der Waals surface area (Å²) < 4.78 is 9.53. The lowest BCUT2D eigenvalue weighted by Crippen LogP contribution is -2.18. The predicted octanol–water partition coefficient (Wildman–Crippen LogP) is 2.94. The molecule has 1 aliphatic heterocycles. The van der Waals surface area contributed by atoms with Gasteiger partial charge in [0, 0.05) is 35.9 Å². The molecule has 9 heteroatoms. The van der Waals surface area contributed by atoms with Crippen molar-refractivity contribution in [2.75, 3.05) is 6.61 Å². The van der Waals surface area contributed by atoms with E-state index in [1.807, 2.05) is 5.38 Å². The van der Waals surface area contributed by atoms with Crippen LogP contribution in [0.4, 0.5) is 0 Å². The zero-order chi connectivity index (χ0) is 18.1. The minimum absolute atomic E-state index is 0.0458. The van der Waals surface area contributed by atoms with E-state index >= 15 is 0 Å². The van der Waals surface area contributed by atoms with Crippen molar-refractivity contribution in [1.29, 1.82) is 0 Å². The van der Waals surface area contributed by atoms with Gasteiger partial charge >= 0.3 is 0 Å². The summed E-state index contributed by atoms with van der Waals surface area (Å²) in [5.74, 6) is 1.86. The smallest absolute Gasteiger partial charge is 0.258 e. The van der Waals surface area contributed by atoms with Gasteiger partial charge in [-0.3, -0.25) is 9.20 Å². The maximum absolute atomic E-state index is 12.1. The highest BCUT2D eigenvalue weighted by atomic mass is 32.2. The van der Waals surface area contributed by atoms with Crippen LogP contribution in [-0.2, 0) is 17.0 Å². The maximum atomic E-state index is 12.1.